The summed E-state index contributed by atoms with van der Waals surface area (Å²) in [6.45, 7) is 4.69. The SMILES string of the molecule is CCn1c(SCC(=O)NC(C)c2ccccc2)nnc1-c1cc2ccccc2o1. The number of rotatable bonds is 7. The number of amides is 1. The summed E-state index contributed by atoms with van der Waals surface area (Å²) < 4.78 is 7.89. The fourth-order valence-electron chi connectivity index (χ4n) is 3.19. The van der Waals surface area contributed by atoms with E-state index >= 15 is 0 Å². The fraction of sp³-hybridized carbons (Fsp3) is 0.227. The first-order chi connectivity index (χ1) is 14.2. The molecule has 0 saturated carbocycles. The third kappa shape index (κ3) is 4.19. The topological polar surface area (TPSA) is 73.0 Å². The lowest BCUT2D eigenvalue weighted by atomic mass is 10.1. The average Bonchev–Trinajstić information content (AvgIpc) is 3.36. The van der Waals surface area contributed by atoms with Crippen LogP contribution in [0, 0.1) is 0 Å². The van der Waals surface area contributed by atoms with Gasteiger partial charge in [0.1, 0.15) is 5.58 Å². The van der Waals surface area contributed by atoms with E-state index < -0.39 is 0 Å². The van der Waals surface area contributed by atoms with Crippen LogP contribution < -0.4 is 5.32 Å². The molecule has 2 heterocycles. The number of hydrogen-bond acceptors (Lipinski definition) is 5. The second kappa shape index (κ2) is 8.53. The molecule has 1 amide bonds. The highest BCUT2D eigenvalue weighted by molar-refractivity contribution is 7.99. The molecule has 0 spiro atoms. The average molecular weight is 407 g/mol. The Kier molecular flexibility index (Phi) is 5.67. The van der Waals surface area contributed by atoms with Crippen molar-refractivity contribution >= 4 is 28.6 Å². The Morgan fingerprint density at radius 2 is 1.90 bits per heavy atom. The van der Waals surface area contributed by atoms with Crippen molar-refractivity contribution in [3.8, 4) is 11.6 Å². The summed E-state index contributed by atoms with van der Waals surface area (Å²) >= 11 is 1.37. The molecular formula is C22H22N4O2S. The fourth-order valence-corrected chi connectivity index (χ4v) is 4.01. The first-order valence-corrected chi connectivity index (χ1v) is 10.5. The van der Waals surface area contributed by atoms with Gasteiger partial charge in [-0.05, 0) is 31.5 Å². The minimum atomic E-state index is -0.0422. The van der Waals surface area contributed by atoms with Crippen LogP contribution in [0.1, 0.15) is 25.5 Å². The van der Waals surface area contributed by atoms with Crippen LogP contribution in [0.2, 0.25) is 0 Å². The minimum absolute atomic E-state index is 0.0395. The van der Waals surface area contributed by atoms with E-state index in [1.807, 2.05) is 79.1 Å². The lowest BCUT2D eigenvalue weighted by Gasteiger charge is -2.14. The van der Waals surface area contributed by atoms with Crippen LogP contribution in [0.4, 0.5) is 0 Å². The number of carbonyl (C=O) groups is 1. The molecule has 0 aliphatic rings. The third-order valence-electron chi connectivity index (χ3n) is 4.69. The lowest BCUT2D eigenvalue weighted by molar-refractivity contribution is -0.119. The van der Waals surface area contributed by atoms with Gasteiger partial charge < -0.3 is 9.73 Å². The summed E-state index contributed by atoms with van der Waals surface area (Å²) in [4.78, 5) is 12.4. The molecule has 29 heavy (non-hydrogen) atoms. The van der Waals surface area contributed by atoms with Crippen molar-refractivity contribution < 1.29 is 9.21 Å². The molecule has 7 heteroatoms. The second-order valence-electron chi connectivity index (χ2n) is 6.69. The van der Waals surface area contributed by atoms with E-state index in [2.05, 4.69) is 15.5 Å². The van der Waals surface area contributed by atoms with Crippen LogP contribution in [-0.2, 0) is 11.3 Å². The number of furan rings is 1. The summed E-state index contributed by atoms with van der Waals surface area (Å²) in [5.74, 6) is 1.58. The second-order valence-corrected chi connectivity index (χ2v) is 7.63. The summed E-state index contributed by atoms with van der Waals surface area (Å²) in [5.41, 5.74) is 1.89. The van der Waals surface area contributed by atoms with E-state index in [0.717, 1.165) is 16.5 Å². The van der Waals surface area contributed by atoms with Crippen molar-refractivity contribution in [1.82, 2.24) is 20.1 Å². The number of aromatic nitrogens is 3. The van der Waals surface area contributed by atoms with Crippen LogP contribution in [0.25, 0.3) is 22.6 Å². The highest BCUT2D eigenvalue weighted by Crippen LogP contribution is 2.29. The molecule has 0 aliphatic heterocycles. The molecule has 0 aliphatic carbocycles. The molecule has 0 bridgehead atoms. The van der Waals surface area contributed by atoms with Crippen LogP contribution in [0.5, 0.6) is 0 Å². The molecular weight excluding hydrogens is 384 g/mol. The zero-order valence-corrected chi connectivity index (χ0v) is 17.1. The Morgan fingerprint density at radius 1 is 1.14 bits per heavy atom. The smallest absolute Gasteiger partial charge is 0.230 e. The predicted octanol–water partition coefficient (Wildman–Crippen LogP) is 4.68. The van der Waals surface area contributed by atoms with E-state index in [9.17, 15) is 4.79 Å². The maximum Gasteiger partial charge on any atom is 0.230 e. The van der Waals surface area contributed by atoms with Crippen molar-refractivity contribution in [2.24, 2.45) is 0 Å². The van der Waals surface area contributed by atoms with Gasteiger partial charge in [0.05, 0.1) is 11.8 Å². The first kappa shape index (κ1) is 19.3. The van der Waals surface area contributed by atoms with Gasteiger partial charge in [-0.25, -0.2) is 0 Å². The molecule has 0 radical (unpaired) electrons. The van der Waals surface area contributed by atoms with E-state index in [4.69, 9.17) is 4.42 Å². The van der Waals surface area contributed by atoms with Crippen molar-refractivity contribution in [1.29, 1.82) is 0 Å². The van der Waals surface area contributed by atoms with Crippen LogP contribution in [0.3, 0.4) is 0 Å². The number of thioether (sulfide) groups is 1. The Hall–Kier alpha value is -3.06. The number of nitrogens with one attached hydrogen (secondary N) is 1. The molecule has 0 saturated heterocycles. The molecule has 1 N–H and O–H groups in total. The normalized spacial score (nSPS) is 12.2. The van der Waals surface area contributed by atoms with Gasteiger partial charge in [0.2, 0.25) is 11.7 Å². The molecule has 0 fully saturated rings. The summed E-state index contributed by atoms with van der Waals surface area (Å²) in [5, 5.41) is 13.3. The van der Waals surface area contributed by atoms with Gasteiger partial charge in [-0.1, -0.05) is 60.3 Å². The maximum absolute atomic E-state index is 12.4. The molecule has 2 aromatic heterocycles. The van der Waals surface area contributed by atoms with E-state index in [-0.39, 0.29) is 17.7 Å². The van der Waals surface area contributed by atoms with Crippen LogP contribution in [0.15, 0.2) is 70.2 Å². The highest BCUT2D eigenvalue weighted by atomic mass is 32.2. The van der Waals surface area contributed by atoms with Crippen molar-refractivity contribution in [3.05, 3.63) is 66.2 Å². The lowest BCUT2D eigenvalue weighted by Crippen LogP contribution is -2.28. The van der Waals surface area contributed by atoms with Crippen molar-refractivity contribution in [2.45, 2.75) is 31.6 Å². The van der Waals surface area contributed by atoms with Crippen molar-refractivity contribution in [3.63, 3.8) is 0 Å². The zero-order chi connectivity index (χ0) is 20.2. The molecule has 1 unspecified atom stereocenters. The van der Waals surface area contributed by atoms with Crippen LogP contribution in [-0.4, -0.2) is 26.4 Å². The van der Waals surface area contributed by atoms with Gasteiger partial charge in [-0.2, -0.15) is 0 Å². The molecule has 4 aromatic rings. The van der Waals surface area contributed by atoms with E-state index in [0.29, 0.717) is 23.3 Å². The molecule has 6 nitrogen and oxygen atoms in total. The van der Waals surface area contributed by atoms with E-state index in [1.54, 1.807) is 0 Å². The van der Waals surface area contributed by atoms with Gasteiger partial charge in [-0.3, -0.25) is 9.36 Å². The van der Waals surface area contributed by atoms with Gasteiger partial charge in [0.25, 0.3) is 0 Å². The Morgan fingerprint density at radius 3 is 2.66 bits per heavy atom. The minimum Gasteiger partial charge on any atom is -0.453 e. The number of benzene rings is 2. The van der Waals surface area contributed by atoms with Gasteiger partial charge in [-0.15, -0.1) is 10.2 Å². The predicted molar refractivity (Wildman–Crippen MR) is 115 cm³/mol. The van der Waals surface area contributed by atoms with Gasteiger partial charge >= 0.3 is 0 Å². The highest BCUT2D eigenvalue weighted by Gasteiger charge is 2.18. The Balaban J connectivity index is 1.45. The molecule has 4 rings (SSSR count). The molecule has 148 valence electrons. The van der Waals surface area contributed by atoms with Gasteiger partial charge in [0.15, 0.2) is 10.9 Å². The largest absolute Gasteiger partial charge is 0.453 e. The number of nitrogens with zero attached hydrogens (tertiary/aromatic N) is 3. The van der Waals surface area contributed by atoms with Gasteiger partial charge in [0, 0.05) is 11.9 Å². The number of carbonyl (C=O) groups excluding carboxylic acids is 1. The van der Waals surface area contributed by atoms with Crippen LogP contribution >= 0.6 is 11.8 Å². The standard InChI is InChI=1S/C22H22N4O2S/c1-3-26-21(19-13-17-11-7-8-12-18(17)28-19)24-25-22(26)29-14-20(27)23-15(2)16-9-5-4-6-10-16/h4-13,15H,3,14H2,1-2H3,(H,23,27). The number of fused-ring (bicyclic) bond motifs is 1. The quantitative estimate of drug-likeness (QED) is 0.451. The summed E-state index contributed by atoms with van der Waals surface area (Å²) in [7, 11) is 0. The van der Waals surface area contributed by atoms with Crippen molar-refractivity contribution in [2.75, 3.05) is 5.75 Å². The Labute approximate surface area is 173 Å². The number of para-hydroxylation sites is 1. The van der Waals surface area contributed by atoms with E-state index in [1.165, 1.54) is 11.8 Å². The summed E-state index contributed by atoms with van der Waals surface area (Å²) in [6, 6.07) is 19.7. The Bertz CT molecular complexity index is 1090. The zero-order valence-electron chi connectivity index (χ0n) is 16.3. The monoisotopic (exact) mass is 406 g/mol. The third-order valence-corrected chi connectivity index (χ3v) is 5.66. The summed E-state index contributed by atoms with van der Waals surface area (Å²) in [6.07, 6.45) is 0. The number of hydrogen-bond donors (Lipinski definition) is 1. The molecule has 1 atom stereocenters. The molecule has 2 aromatic carbocycles. The maximum atomic E-state index is 12.4. The first-order valence-electron chi connectivity index (χ1n) is 9.55.